The number of ether oxygens (including phenoxy) is 1. The van der Waals surface area contributed by atoms with Crippen molar-refractivity contribution in [2.24, 2.45) is 5.41 Å². The monoisotopic (exact) mass is 353 g/mol. The van der Waals surface area contributed by atoms with Crippen molar-refractivity contribution < 1.29 is 22.7 Å². The maximum absolute atomic E-state index is 12.7. The molecule has 0 N–H and O–H groups in total. The molecule has 24 heavy (non-hydrogen) atoms. The number of benzene rings is 1. The summed E-state index contributed by atoms with van der Waals surface area (Å²) in [6.45, 7) is 5.37. The number of sulfonamides is 1. The molecule has 1 aromatic carbocycles. The lowest BCUT2D eigenvalue weighted by molar-refractivity contribution is -0.162. The summed E-state index contributed by atoms with van der Waals surface area (Å²) in [5.74, 6) is -0.821. The second-order valence-electron chi connectivity index (χ2n) is 6.08. The van der Waals surface area contributed by atoms with Crippen LogP contribution in [0, 0.1) is 12.3 Å². The van der Waals surface area contributed by atoms with Crippen LogP contribution >= 0.6 is 0 Å². The zero-order valence-corrected chi connectivity index (χ0v) is 15.1. The molecular weight excluding hydrogens is 330 g/mol. The first-order chi connectivity index (χ1) is 11.2. The normalized spacial score (nSPS) is 18.1. The van der Waals surface area contributed by atoms with E-state index in [1.54, 1.807) is 31.2 Å². The van der Waals surface area contributed by atoms with Gasteiger partial charge in [-0.25, -0.2) is 8.42 Å². The summed E-state index contributed by atoms with van der Waals surface area (Å²) in [5, 5.41) is 0. The van der Waals surface area contributed by atoms with Gasteiger partial charge in [0.05, 0.1) is 11.5 Å². The molecule has 1 heterocycles. The van der Waals surface area contributed by atoms with Crippen LogP contribution in [0.5, 0.6) is 0 Å². The van der Waals surface area contributed by atoms with Gasteiger partial charge in [-0.05, 0) is 45.7 Å². The van der Waals surface area contributed by atoms with Gasteiger partial charge < -0.3 is 4.74 Å². The van der Waals surface area contributed by atoms with E-state index in [-0.39, 0.29) is 43.2 Å². The molecule has 1 fully saturated rings. The number of nitrogens with zero attached hydrogens (tertiary/aromatic N) is 1. The molecule has 0 bridgehead atoms. The van der Waals surface area contributed by atoms with Crippen molar-refractivity contribution in [3.05, 3.63) is 29.8 Å². The molecule has 1 aliphatic heterocycles. The maximum Gasteiger partial charge on any atom is 0.319 e. The first kappa shape index (κ1) is 18.6. The van der Waals surface area contributed by atoms with Crippen molar-refractivity contribution in [2.75, 3.05) is 19.7 Å². The molecule has 0 saturated carbocycles. The molecule has 0 amide bonds. The van der Waals surface area contributed by atoms with E-state index in [0.29, 0.717) is 0 Å². The van der Waals surface area contributed by atoms with Crippen molar-refractivity contribution in [1.29, 1.82) is 0 Å². The highest BCUT2D eigenvalue weighted by atomic mass is 32.2. The van der Waals surface area contributed by atoms with E-state index < -0.39 is 21.4 Å². The Hall–Kier alpha value is -1.73. The van der Waals surface area contributed by atoms with E-state index in [9.17, 15) is 18.0 Å². The van der Waals surface area contributed by atoms with Gasteiger partial charge in [0, 0.05) is 13.1 Å². The van der Waals surface area contributed by atoms with Crippen molar-refractivity contribution >= 4 is 21.8 Å². The molecule has 2 rings (SSSR count). The van der Waals surface area contributed by atoms with Crippen LogP contribution in [0.1, 0.15) is 32.3 Å². The molecule has 0 radical (unpaired) electrons. The van der Waals surface area contributed by atoms with E-state index in [0.717, 1.165) is 5.56 Å². The van der Waals surface area contributed by atoms with Gasteiger partial charge in [-0.15, -0.1) is 0 Å². The van der Waals surface area contributed by atoms with Gasteiger partial charge in [0.15, 0.2) is 0 Å². The quantitative estimate of drug-likeness (QED) is 0.597. The minimum absolute atomic E-state index is 0.120. The Morgan fingerprint density at radius 1 is 1.17 bits per heavy atom. The molecule has 1 aliphatic rings. The Labute approximate surface area is 142 Å². The van der Waals surface area contributed by atoms with Crippen molar-refractivity contribution in [2.45, 2.75) is 38.5 Å². The Kier molecular flexibility index (Phi) is 5.45. The van der Waals surface area contributed by atoms with Gasteiger partial charge in [0.25, 0.3) is 0 Å². The van der Waals surface area contributed by atoms with E-state index in [1.807, 2.05) is 6.92 Å². The van der Waals surface area contributed by atoms with Gasteiger partial charge in [0.1, 0.15) is 11.2 Å². The molecule has 6 nitrogen and oxygen atoms in total. The number of aryl methyl sites for hydroxylation is 1. The highest BCUT2D eigenvalue weighted by molar-refractivity contribution is 7.89. The summed E-state index contributed by atoms with van der Waals surface area (Å²) < 4.78 is 31.8. The van der Waals surface area contributed by atoms with Crippen LogP contribution in [0.25, 0.3) is 0 Å². The van der Waals surface area contributed by atoms with Crippen LogP contribution in [0.15, 0.2) is 29.2 Å². The number of piperidine rings is 1. The van der Waals surface area contributed by atoms with E-state index in [2.05, 4.69) is 0 Å². The van der Waals surface area contributed by atoms with Gasteiger partial charge in [0.2, 0.25) is 10.0 Å². The van der Waals surface area contributed by atoms with E-state index in [4.69, 9.17) is 4.74 Å². The molecule has 132 valence electrons. The molecule has 7 heteroatoms. The third-order valence-electron chi connectivity index (χ3n) is 4.57. The minimum atomic E-state index is -3.62. The van der Waals surface area contributed by atoms with E-state index >= 15 is 0 Å². The van der Waals surface area contributed by atoms with Gasteiger partial charge in [-0.2, -0.15) is 4.31 Å². The number of carbonyl (C=O) groups excluding carboxylic acids is 2. The largest absolute Gasteiger partial charge is 0.465 e. The molecule has 0 atom stereocenters. The zero-order chi connectivity index (χ0) is 18.0. The standard InChI is InChI=1S/C17H23NO5S/c1-4-23-16(20)17(14(3)19)9-11-18(12-10-17)24(21,22)15-7-5-13(2)6-8-15/h5-8H,4,9-12H2,1-3H3. The number of hydrogen-bond acceptors (Lipinski definition) is 5. The second kappa shape index (κ2) is 7.03. The summed E-state index contributed by atoms with van der Waals surface area (Å²) >= 11 is 0. The van der Waals surface area contributed by atoms with Crippen LogP contribution in [0.3, 0.4) is 0 Å². The number of esters is 1. The third kappa shape index (κ3) is 3.37. The van der Waals surface area contributed by atoms with Gasteiger partial charge in [-0.1, -0.05) is 17.7 Å². The fourth-order valence-electron chi connectivity index (χ4n) is 2.94. The van der Waals surface area contributed by atoms with Crippen LogP contribution in [0.4, 0.5) is 0 Å². The van der Waals surface area contributed by atoms with E-state index in [1.165, 1.54) is 11.2 Å². The lowest BCUT2D eigenvalue weighted by Gasteiger charge is -2.37. The average molecular weight is 353 g/mol. The zero-order valence-electron chi connectivity index (χ0n) is 14.2. The lowest BCUT2D eigenvalue weighted by Crippen LogP contribution is -2.50. The number of ketones is 1. The Balaban J connectivity index is 2.20. The highest BCUT2D eigenvalue weighted by Crippen LogP contribution is 2.36. The maximum atomic E-state index is 12.7. The molecule has 0 spiro atoms. The summed E-state index contributed by atoms with van der Waals surface area (Å²) in [7, 11) is -3.62. The summed E-state index contributed by atoms with van der Waals surface area (Å²) in [4.78, 5) is 24.5. The molecular formula is C17H23NO5S. The van der Waals surface area contributed by atoms with Gasteiger partial charge in [-0.3, -0.25) is 9.59 Å². The second-order valence-corrected chi connectivity index (χ2v) is 8.01. The highest BCUT2D eigenvalue weighted by Gasteiger charge is 2.48. The first-order valence-corrected chi connectivity index (χ1v) is 9.43. The fraction of sp³-hybridized carbons (Fsp3) is 0.529. The molecule has 0 aromatic heterocycles. The summed E-state index contributed by atoms with van der Waals surface area (Å²) in [5.41, 5.74) is -0.250. The van der Waals surface area contributed by atoms with Crippen molar-refractivity contribution in [3.63, 3.8) is 0 Å². The SMILES string of the molecule is CCOC(=O)C1(C(C)=O)CCN(S(=O)(=O)c2ccc(C)cc2)CC1. The van der Waals surface area contributed by atoms with Crippen molar-refractivity contribution in [3.8, 4) is 0 Å². The summed E-state index contributed by atoms with van der Waals surface area (Å²) in [6.07, 6.45) is 0.290. The topological polar surface area (TPSA) is 80.8 Å². The van der Waals surface area contributed by atoms with Gasteiger partial charge >= 0.3 is 5.97 Å². The smallest absolute Gasteiger partial charge is 0.319 e. The number of Topliss-reactive ketones (excluding diaryl/α,β-unsaturated/α-hetero) is 1. The predicted molar refractivity (Wildman–Crippen MR) is 88.9 cm³/mol. The predicted octanol–water partition coefficient (Wildman–Crippen LogP) is 1.92. The molecule has 1 aromatic rings. The average Bonchev–Trinajstić information content (AvgIpc) is 2.55. The van der Waals surface area contributed by atoms with Crippen LogP contribution < -0.4 is 0 Å². The first-order valence-electron chi connectivity index (χ1n) is 7.99. The number of carbonyl (C=O) groups is 2. The fourth-order valence-corrected chi connectivity index (χ4v) is 4.38. The Bertz CT molecular complexity index is 716. The molecule has 0 unspecified atom stereocenters. The molecule has 0 aliphatic carbocycles. The van der Waals surface area contributed by atoms with Crippen LogP contribution in [-0.4, -0.2) is 44.2 Å². The Morgan fingerprint density at radius 2 is 1.71 bits per heavy atom. The van der Waals surface area contributed by atoms with Crippen LogP contribution in [-0.2, 0) is 24.3 Å². The van der Waals surface area contributed by atoms with Crippen LogP contribution in [0.2, 0.25) is 0 Å². The lowest BCUT2D eigenvalue weighted by atomic mass is 9.76. The third-order valence-corrected chi connectivity index (χ3v) is 6.49. The minimum Gasteiger partial charge on any atom is -0.465 e. The van der Waals surface area contributed by atoms with Crippen molar-refractivity contribution in [1.82, 2.24) is 4.31 Å². The Morgan fingerprint density at radius 3 is 2.17 bits per heavy atom. The summed E-state index contributed by atoms with van der Waals surface area (Å²) in [6, 6.07) is 6.64. The number of hydrogen-bond donors (Lipinski definition) is 0. The number of rotatable bonds is 5. The molecule has 1 saturated heterocycles.